The van der Waals surface area contributed by atoms with Crippen molar-refractivity contribution in [2.45, 2.75) is 70.4 Å². The van der Waals surface area contributed by atoms with Crippen molar-refractivity contribution >= 4 is 5.91 Å². The molecular weight excluding hydrogens is 264 g/mol. The predicted octanol–water partition coefficient (Wildman–Crippen LogP) is 3.01. The number of amides is 1. The molecule has 21 heavy (non-hydrogen) atoms. The Morgan fingerprint density at radius 2 is 1.57 bits per heavy atom. The molecule has 2 fully saturated rings. The van der Waals surface area contributed by atoms with Gasteiger partial charge in [0.1, 0.15) is 5.56 Å². The second-order valence-electron chi connectivity index (χ2n) is 6.47. The first-order valence-corrected chi connectivity index (χ1v) is 8.19. The van der Waals surface area contributed by atoms with Gasteiger partial charge < -0.3 is 9.88 Å². The van der Waals surface area contributed by atoms with E-state index in [9.17, 15) is 9.59 Å². The van der Waals surface area contributed by atoms with E-state index >= 15 is 0 Å². The lowest BCUT2D eigenvalue weighted by molar-refractivity contribution is 0.0578. The van der Waals surface area contributed by atoms with Crippen molar-refractivity contribution in [3.63, 3.8) is 0 Å². The number of rotatable bonds is 3. The number of carbonyl (C=O) groups is 1. The molecule has 0 spiro atoms. The van der Waals surface area contributed by atoms with E-state index in [-0.39, 0.29) is 11.5 Å². The fraction of sp³-hybridized carbons (Fsp3) is 0.647. The number of aromatic amines is 1. The second kappa shape index (κ2) is 6.04. The lowest BCUT2D eigenvalue weighted by atomic mass is 10.1. The number of hydrogen-bond donors (Lipinski definition) is 1. The first kappa shape index (κ1) is 14.4. The quantitative estimate of drug-likeness (QED) is 0.929. The molecule has 4 heteroatoms. The van der Waals surface area contributed by atoms with E-state index in [0.717, 1.165) is 31.4 Å². The number of carbonyl (C=O) groups excluding carboxylic acids is 1. The molecule has 1 N–H and O–H groups in total. The normalized spacial score (nSPS) is 20.0. The van der Waals surface area contributed by atoms with Crippen molar-refractivity contribution in [3.8, 4) is 0 Å². The molecule has 1 amide bonds. The predicted molar refractivity (Wildman–Crippen MR) is 82.5 cm³/mol. The van der Waals surface area contributed by atoms with Crippen molar-refractivity contribution in [3.05, 3.63) is 33.7 Å². The Balaban J connectivity index is 1.90. The highest BCUT2D eigenvalue weighted by Crippen LogP contribution is 2.32. The van der Waals surface area contributed by atoms with E-state index in [1.807, 2.05) is 13.0 Å². The van der Waals surface area contributed by atoms with E-state index in [2.05, 4.69) is 9.88 Å². The molecule has 2 aliphatic rings. The summed E-state index contributed by atoms with van der Waals surface area (Å²) in [4.78, 5) is 29.9. The highest BCUT2D eigenvalue weighted by molar-refractivity contribution is 5.94. The Bertz CT molecular complexity index is 550. The van der Waals surface area contributed by atoms with Crippen molar-refractivity contribution in [1.29, 1.82) is 0 Å². The van der Waals surface area contributed by atoms with Crippen molar-refractivity contribution in [1.82, 2.24) is 9.88 Å². The fourth-order valence-corrected chi connectivity index (χ4v) is 3.87. The Kier molecular flexibility index (Phi) is 4.13. The van der Waals surface area contributed by atoms with Crippen LogP contribution in [0.25, 0.3) is 0 Å². The Morgan fingerprint density at radius 3 is 2.05 bits per heavy atom. The zero-order chi connectivity index (χ0) is 14.8. The van der Waals surface area contributed by atoms with E-state index in [4.69, 9.17) is 0 Å². The number of aromatic nitrogens is 1. The lowest BCUT2D eigenvalue weighted by Gasteiger charge is -2.34. The number of H-pyrrole nitrogens is 1. The topological polar surface area (TPSA) is 53.2 Å². The summed E-state index contributed by atoms with van der Waals surface area (Å²) in [6.45, 7) is 1.83. The fourth-order valence-electron chi connectivity index (χ4n) is 3.87. The molecule has 2 saturated carbocycles. The highest BCUT2D eigenvalue weighted by Gasteiger charge is 2.35. The van der Waals surface area contributed by atoms with Gasteiger partial charge in [-0.1, -0.05) is 25.7 Å². The largest absolute Gasteiger partial charge is 0.333 e. The summed E-state index contributed by atoms with van der Waals surface area (Å²) in [6, 6.07) is 4.17. The average Bonchev–Trinajstić information content (AvgIpc) is 3.12. The number of aryl methyl sites for hydroxylation is 1. The van der Waals surface area contributed by atoms with Crippen molar-refractivity contribution in [2.75, 3.05) is 0 Å². The maximum Gasteiger partial charge on any atom is 0.260 e. The van der Waals surface area contributed by atoms with Crippen LogP contribution in [0.15, 0.2) is 16.9 Å². The maximum absolute atomic E-state index is 13.0. The maximum atomic E-state index is 13.0. The smallest absolute Gasteiger partial charge is 0.260 e. The van der Waals surface area contributed by atoms with Crippen LogP contribution in [0.3, 0.4) is 0 Å². The summed E-state index contributed by atoms with van der Waals surface area (Å²) in [6.07, 6.45) is 9.16. The van der Waals surface area contributed by atoms with Gasteiger partial charge >= 0.3 is 0 Å². The van der Waals surface area contributed by atoms with Crippen LogP contribution >= 0.6 is 0 Å². The number of nitrogens with zero attached hydrogens (tertiary/aromatic N) is 1. The van der Waals surface area contributed by atoms with Gasteiger partial charge in [-0.25, -0.2) is 0 Å². The van der Waals surface area contributed by atoms with E-state index < -0.39 is 0 Å². The molecule has 0 saturated heterocycles. The van der Waals surface area contributed by atoms with Gasteiger partial charge in [0.25, 0.3) is 11.5 Å². The van der Waals surface area contributed by atoms with E-state index in [1.165, 1.54) is 25.7 Å². The molecule has 114 valence electrons. The van der Waals surface area contributed by atoms with Crippen LogP contribution in [-0.4, -0.2) is 27.9 Å². The average molecular weight is 288 g/mol. The van der Waals surface area contributed by atoms with Gasteiger partial charge in [-0.15, -0.1) is 0 Å². The van der Waals surface area contributed by atoms with Gasteiger partial charge in [-0.2, -0.15) is 0 Å². The summed E-state index contributed by atoms with van der Waals surface area (Å²) < 4.78 is 0. The Hall–Kier alpha value is -1.58. The summed E-state index contributed by atoms with van der Waals surface area (Å²) in [5.74, 6) is -0.0601. The van der Waals surface area contributed by atoms with Gasteiger partial charge in [-0.3, -0.25) is 9.59 Å². The standard InChI is InChI=1S/C17H24N2O2/c1-12-10-11-15(16(20)18-12)17(21)19(13-6-2-3-7-13)14-8-4-5-9-14/h10-11,13-14H,2-9H2,1H3,(H,18,20). The molecule has 0 unspecified atom stereocenters. The summed E-state index contributed by atoms with van der Waals surface area (Å²) >= 11 is 0. The highest BCUT2D eigenvalue weighted by atomic mass is 16.2. The minimum Gasteiger partial charge on any atom is -0.333 e. The molecular formula is C17H24N2O2. The third-order valence-electron chi connectivity index (χ3n) is 4.96. The van der Waals surface area contributed by atoms with Crippen molar-refractivity contribution < 1.29 is 4.79 Å². The van der Waals surface area contributed by atoms with Crippen LogP contribution in [0.1, 0.15) is 67.4 Å². The van der Waals surface area contributed by atoms with Crippen LogP contribution in [0.4, 0.5) is 0 Å². The van der Waals surface area contributed by atoms with Crippen LogP contribution in [0, 0.1) is 6.92 Å². The number of hydrogen-bond acceptors (Lipinski definition) is 2. The minimum absolute atomic E-state index is 0.0601. The molecule has 3 rings (SSSR count). The molecule has 1 aromatic rings. The first-order chi connectivity index (χ1) is 10.2. The summed E-state index contributed by atoms with van der Waals surface area (Å²) in [5.41, 5.74) is 0.852. The van der Waals surface area contributed by atoms with Gasteiger partial charge in [0.05, 0.1) is 0 Å². The molecule has 0 radical (unpaired) electrons. The minimum atomic E-state index is -0.249. The molecule has 1 heterocycles. The molecule has 0 aromatic carbocycles. The Morgan fingerprint density at radius 1 is 1.05 bits per heavy atom. The summed E-state index contributed by atoms with van der Waals surface area (Å²) in [7, 11) is 0. The molecule has 0 aliphatic heterocycles. The monoisotopic (exact) mass is 288 g/mol. The summed E-state index contributed by atoms with van der Waals surface area (Å²) in [5, 5.41) is 0. The van der Waals surface area contributed by atoms with Crippen LogP contribution in [0.2, 0.25) is 0 Å². The molecule has 0 atom stereocenters. The van der Waals surface area contributed by atoms with Gasteiger partial charge in [0.2, 0.25) is 0 Å². The molecule has 4 nitrogen and oxygen atoms in total. The number of nitrogens with one attached hydrogen (secondary N) is 1. The molecule has 2 aliphatic carbocycles. The second-order valence-corrected chi connectivity index (χ2v) is 6.47. The van der Waals surface area contributed by atoms with Crippen LogP contribution in [-0.2, 0) is 0 Å². The number of pyridine rings is 1. The van der Waals surface area contributed by atoms with Gasteiger partial charge in [0.15, 0.2) is 0 Å². The van der Waals surface area contributed by atoms with Gasteiger partial charge in [0, 0.05) is 17.8 Å². The van der Waals surface area contributed by atoms with Crippen LogP contribution < -0.4 is 5.56 Å². The zero-order valence-corrected chi connectivity index (χ0v) is 12.7. The van der Waals surface area contributed by atoms with Crippen molar-refractivity contribution in [2.24, 2.45) is 0 Å². The third kappa shape index (κ3) is 2.89. The molecule has 0 bridgehead atoms. The lowest BCUT2D eigenvalue weighted by Crippen LogP contribution is -2.46. The van der Waals surface area contributed by atoms with E-state index in [1.54, 1.807) is 6.07 Å². The van der Waals surface area contributed by atoms with Crippen LogP contribution in [0.5, 0.6) is 0 Å². The zero-order valence-electron chi connectivity index (χ0n) is 12.7. The molecule has 1 aromatic heterocycles. The third-order valence-corrected chi connectivity index (χ3v) is 4.96. The Labute approximate surface area is 125 Å². The van der Waals surface area contributed by atoms with E-state index in [0.29, 0.717) is 17.6 Å². The van der Waals surface area contributed by atoms with Gasteiger partial charge in [-0.05, 0) is 44.7 Å². The first-order valence-electron chi connectivity index (χ1n) is 8.19. The SMILES string of the molecule is Cc1ccc(C(=O)N(C2CCCC2)C2CCCC2)c(=O)[nH]1.